The van der Waals surface area contributed by atoms with Crippen molar-refractivity contribution in [2.24, 2.45) is 0 Å². The molecule has 0 radical (unpaired) electrons. The number of nitrogens with zero attached hydrogens (tertiary/aromatic N) is 5. The van der Waals surface area contributed by atoms with Crippen LogP contribution in [0.25, 0.3) is 5.78 Å². The Morgan fingerprint density at radius 1 is 1.21 bits per heavy atom. The van der Waals surface area contributed by atoms with E-state index in [0.717, 1.165) is 25.2 Å². The van der Waals surface area contributed by atoms with E-state index in [-0.39, 0.29) is 0 Å². The molecule has 1 aliphatic rings. The number of hydrogen-bond donors (Lipinski definition) is 1. The highest BCUT2D eigenvalue weighted by atomic mass is 15.3. The van der Waals surface area contributed by atoms with Gasteiger partial charge >= 0.3 is 0 Å². The molecule has 1 N–H and O–H groups in total. The lowest BCUT2D eigenvalue weighted by atomic mass is 9.93. The van der Waals surface area contributed by atoms with Gasteiger partial charge in [-0.05, 0) is 34.9 Å². The van der Waals surface area contributed by atoms with Crippen molar-refractivity contribution in [1.29, 1.82) is 0 Å². The van der Waals surface area contributed by atoms with E-state index >= 15 is 0 Å². The van der Waals surface area contributed by atoms with Gasteiger partial charge in [0, 0.05) is 31.6 Å². The molecule has 124 valence electrons. The SMILES string of the molecule is CC(C)c1cnc2nc(CC(C)c3cncc4c3CCN4)nn2c1. The molecule has 0 saturated carbocycles. The fraction of sp³-hybridized carbons (Fsp3) is 0.444. The normalized spacial score (nSPS) is 14.8. The fourth-order valence-electron chi connectivity index (χ4n) is 3.29. The maximum atomic E-state index is 4.62. The second-order valence-corrected chi connectivity index (χ2v) is 6.85. The quantitative estimate of drug-likeness (QED) is 0.800. The van der Waals surface area contributed by atoms with Gasteiger partial charge in [-0.15, -0.1) is 5.10 Å². The van der Waals surface area contributed by atoms with Crippen LogP contribution >= 0.6 is 0 Å². The van der Waals surface area contributed by atoms with Gasteiger partial charge in [-0.1, -0.05) is 20.8 Å². The molecule has 0 aliphatic carbocycles. The molecule has 1 unspecified atom stereocenters. The highest BCUT2D eigenvalue weighted by molar-refractivity contribution is 5.57. The van der Waals surface area contributed by atoms with Crippen LogP contribution in [0.1, 0.15) is 55.1 Å². The van der Waals surface area contributed by atoms with Crippen molar-refractivity contribution in [3.63, 3.8) is 0 Å². The standard InChI is InChI=1S/C18H22N6/c1-11(2)13-7-21-18-22-17(23-24(18)10-13)6-12(3)15-8-19-9-16-14(15)4-5-20-16/h7-12,20H,4-6H2,1-3H3. The van der Waals surface area contributed by atoms with E-state index in [1.807, 2.05) is 24.8 Å². The van der Waals surface area contributed by atoms with Crippen LogP contribution in [0.4, 0.5) is 5.69 Å². The van der Waals surface area contributed by atoms with E-state index in [2.05, 4.69) is 46.1 Å². The van der Waals surface area contributed by atoms with Crippen molar-refractivity contribution in [1.82, 2.24) is 24.6 Å². The van der Waals surface area contributed by atoms with Crippen molar-refractivity contribution < 1.29 is 0 Å². The van der Waals surface area contributed by atoms with Crippen LogP contribution in [-0.2, 0) is 12.8 Å². The number of pyridine rings is 1. The molecule has 1 atom stereocenters. The summed E-state index contributed by atoms with van der Waals surface area (Å²) in [7, 11) is 0. The molecule has 6 nitrogen and oxygen atoms in total. The summed E-state index contributed by atoms with van der Waals surface area (Å²) in [6, 6.07) is 0. The Kier molecular flexibility index (Phi) is 3.67. The van der Waals surface area contributed by atoms with Gasteiger partial charge in [0.2, 0.25) is 0 Å². The first-order valence-corrected chi connectivity index (χ1v) is 8.53. The average Bonchev–Trinajstić information content (AvgIpc) is 3.19. The molecule has 4 rings (SSSR count). The van der Waals surface area contributed by atoms with Gasteiger partial charge in [-0.25, -0.2) is 9.50 Å². The predicted molar refractivity (Wildman–Crippen MR) is 93.4 cm³/mol. The Labute approximate surface area is 141 Å². The smallest absolute Gasteiger partial charge is 0.252 e. The lowest BCUT2D eigenvalue weighted by molar-refractivity contribution is 0.704. The van der Waals surface area contributed by atoms with Crippen molar-refractivity contribution in [3.8, 4) is 0 Å². The first-order chi connectivity index (χ1) is 11.6. The molecule has 4 heterocycles. The van der Waals surface area contributed by atoms with Crippen LogP contribution in [-0.4, -0.2) is 31.1 Å². The predicted octanol–water partition coefficient (Wildman–Crippen LogP) is 2.96. The summed E-state index contributed by atoms with van der Waals surface area (Å²) in [6.45, 7) is 7.52. The summed E-state index contributed by atoms with van der Waals surface area (Å²) in [5, 5.41) is 8.01. The number of fused-ring (bicyclic) bond motifs is 2. The third-order valence-electron chi connectivity index (χ3n) is 4.73. The topological polar surface area (TPSA) is 68.0 Å². The van der Waals surface area contributed by atoms with Gasteiger partial charge < -0.3 is 5.32 Å². The molecular formula is C18H22N6. The first-order valence-electron chi connectivity index (χ1n) is 8.53. The van der Waals surface area contributed by atoms with E-state index in [4.69, 9.17) is 0 Å². The van der Waals surface area contributed by atoms with Crippen molar-refractivity contribution in [2.75, 3.05) is 11.9 Å². The van der Waals surface area contributed by atoms with E-state index in [9.17, 15) is 0 Å². The summed E-state index contributed by atoms with van der Waals surface area (Å²) >= 11 is 0. The van der Waals surface area contributed by atoms with E-state index in [1.54, 1.807) is 4.52 Å². The van der Waals surface area contributed by atoms with Crippen molar-refractivity contribution in [2.45, 2.75) is 45.4 Å². The van der Waals surface area contributed by atoms with Crippen LogP contribution in [0.15, 0.2) is 24.8 Å². The van der Waals surface area contributed by atoms with E-state index < -0.39 is 0 Å². The molecule has 0 saturated heterocycles. The Hall–Kier alpha value is -2.50. The molecular weight excluding hydrogens is 300 g/mol. The zero-order valence-corrected chi connectivity index (χ0v) is 14.3. The fourth-order valence-corrected chi connectivity index (χ4v) is 3.29. The maximum Gasteiger partial charge on any atom is 0.252 e. The van der Waals surface area contributed by atoms with E-state index in [1.165, 1.54) is 22.4 Å². The Balaban J connectivity index is 1.61. The molecule has 0 spiro atoms. The molecule has 0 amide bonds. The van der Waals surface area contributed by atoms with Crippen molar-refractivity contribution >= 4 is 11.5 Å². The van der Waals surface area contributed by atoms with Crippen molar-refractivity contribution in [3.05, 3.63) is 47.3 Å². The zero-order valence-electron chi connectivity index (χ0n) is 14.3. The van der Waals surface area contributed by atoms with Gasteiger partial charge in [0.15, 0.2) is 5.82 Å². The lowest BCUT2D eigenvalue weighted by Crippen LogP contribution is -2.04. The largest absolute Gasteiger partial charge is 0.383 e. The molecule has 0 bridgehead atoms. The van der Waals surface area contributed by atoms with Gasteiger partial charge in [0.25, 0.3) is 5.78 Å². The van der Waals surface area contributed by atoms with Gasteiger partial charge in [0.1, 0.15) is 0 Å². The Morgan fingerprint density at radius 2 is 2.08 bits per heavy atom. The van der Waals surface area contributed by atoms with Crippen LogP contribution in [0.5, 0.6) is 0 Å². The third-order valence-corrected chi connectivity index (χ3v) is 4.73. The van der Waals surface area contributed by atoms with Gasteiger partial charge in [-0.3, -0.25) is 4.98 Å². The third kappa shape index (κ3) is 2.62. The summed E-state index contributed by atoms with van der Waals surface area (Å²) in [4.78, 5) is 13.4. The second-order valence-electron chi connectivity index (χ2n) is 6.85. The molecule has 0 fully saturated rings. The number of nitrogens with one attached hydrogen (secondary N) is 1. The molecule has 24 heavy (non-hydrogen) atoms. The number of hydrogen-bond acceptors (Lipinski definition) is 5. The van der Waals surface area contributed by atoms with Crippen LogP contribution in [0, 0.1) is 0 Å². The van der Waals surface area contributed by atoms with Gasteiger partial charge in [-0.2, -0.15) is 4.98 Å². The molecule has 1 aliphatic heterocycles. The van der Waals surface area contributed by atoms with Crippen LogP contribution in [0.2, 0.25) is 0 Å². The highest BCUT2D eigenvalue weighted by Gasteiger charge is 2.20. The van der Waals surface area contributed by atoms with Gasteiger partial charge in [0.05, 0.1) is 11.9 Å². The second kappa shape index (κ2) is 5.85. The van der Waals surface area contributed by atoms with Crippen LogP contribution in [0.3, 0.4) is 0 Å². The molecule has 6 heteroatoms. The maximum absolute atomic E-state index is 4.62. The minimum absolute atomic E-state index is 0.328. The summed E-state index contributed by atoms with van der Waals surface area (Å²) in [6.07, 6.45) is 9.68. The Morgan fingerprint density at radius 3 is 2.92 bits per heavy atom. The summed E-state index contributed by atoms with van der Waals surface area (Å²) in [5.41, 5.74) is 5.03. The number of aromatic nitrogens is 5. The molecule has 0 aromatic carbocycles. The van der Waals surface area contributed by atoms with E-state index in [0.29, 0.717) is 17.6 Å². The monoisotopic (exact) mass is 322 g/mol. The minimum Gasteiger partial charge on any atom is -0.383 e. The Bertz CT molecular complexity index is 882. The highest BCUT2D eigenvalue weighted by Crippen LogP contribution is 2.30. The molecule has 3 aromatic heterocycles. The molecule has 3 aromatic rings. The minimum atomic E-state index is 0.328. The van der Waals surface area contributed by atoms with Crippen LogP contribution < -0.4 is 5.32 Å². The zero-order chi connectivity index (χ0) is 16.7. The number of anilines is 1. The average molecular weight is 322 g/mol. The summed E-state index contributed by atoms with van der Waals surface area (Å²) < 4.78 is 1.80. The lowest BCUT2D eigenvalue weighted by Gasteiger charge is -2.13. The first kappa shape index (κ1) is 15.1. The number of rotatable bonds is 4. The summed E-state index contributed by atoms with van der Waals surface area (Å²) in [5.74, 6) is 2.26.